The number of rotatable bonds is 3. The van der Waals surface area contributed by atoms with Gasteiger partial charge in [0.15, 0.2) is 0 Å². The third-order valence-corrected chi connectivity index (χ3v) is 1.05. The zero-order valence-corrected chi connectivity index (χ0v) is 22.9. The Labute approximate surface area is 252 Å². The number of hydrogen-bond donors (Lipinski definition) is 0. The van der Waals surface area contributed by atoms with E-state index < -0.39 is 17.9 Å². The fourth-order valence-electron chi connectivity index (χ4n) is 0. The Morgan fingerprint density at radius 2 is 0.619 bits per heavy atom. The number of carbonyl (C=O) groups is 3. The number of carboxylic acids is 3. The molecule has 21 heavy (non-hydrogen) atoms. The second kappa shape index (κ2) is 24.8. The summed E-state index contributed by atoms with van der Waals surface area (Å²) >= 11 is 0. The molecule has 0 aromatic rings. The zero-order chi connectivity index (χ0) is 15.5. The van der Waals surface area contributed by atoms with E-state index >= 15 is 0 Å². The summed E-state index contributed by atoms with van der Waals surface area (Å²) in [7, 11) is 0. The third kappa shape index (κ3) is 45.0. The molecule has 0 atom stereocenters. The van der Waals surface area contributed by atoms with Crippen molar-refractivity contribution in [2.75, 3.05) is 0 Å². The van der Waals surface area contributed by atoms with Gasteiger partial charge in [-0.15, -0.1) is 0 Å². The van der Waals surface area contributed by atoms with E-state index in [0.29, 0.717) is 0 Å². The van der Waals surface area contributed by atoms with Gasteiger partial charge in [-0.3, -0.25) is 0 Å². The van der Waals surface area contributed by atoms with Crippen LogP contribution in [0.25, 0.3) is 0 Å². The Morgan fingerprint density at radius 3 is 0.619 bits per heavy atom. The van der Waals surface area contributed by atoms with Gasteiger partial charge >= 0.3 is 154 Å². The van der Waals surface area contributed by atoms with E-state index in [2.05, 4.69) is 19.7 Å². The summed E-state index contributed by atoms with van der Waals surface area (Å²) in [5.74, 6) is -3.56. The molecule has 0 fully saturated rings. The van der Waals surface area contributed by atoms with Crippen molar-refractivity contribution >= 4 is 17.9 Å². The van der Waals surface area contributed by atoms with Crippen molar-refractivity contribution in [3.8, 4) is 0 Å². The summed E-state index contributed by atoms with van der Waals surface area (Å²) in [6.45, 7) is 13.4. The molecule has 9 heteroatoms. The topological polar surface area (TPSA) is 120 Å². The van der Waals surface area contributed by atoms with Crippen molar-refractivity contribution in [3.05, 3.63) is 36.5 Å². The smallest absolute Gasteiger partial charge is 0.545 e. The fourth-order valence-corrected chi connectivity index (χ4v) is 0. The van der Waals surface area contributed by atoms with E-state index in [1.165, 1.54) is 20.8 Å². The van der Waals surface area contributed by atoms with Crippen molar-refractivity contribution in [2.45, 2.75) is 20.8 Å². The van der Waals surface area contributed by atoms with Crippen LogP contribution in [-0.4, -0.2) is 17.9 Å². The molecule has 0 unspecified atom stereocenters. The molecule has 102 valence electrons. The van der Waals surface area contributed by atoms with Crippen LogP contribution in [0.4, 0.5) is 0 Å². The maximum absolute atomic E-state index is 9.49. The van der Waals surface area contributed by atoms with Gasteiger partial charge < -0.3 is 29.7 Å². The maximum atomic E-state index is 9.49. The van der Waals surface area contributed by atoms with E-state index in [9.17, 15) is 29.7 Å². The molecule has 0 aromatic carbocycles. The van der Waals surface area contributed by atoms with E-state index in [1.807, 2.05) is 0 Å². The van der Waals surface area contributed by atoms with Crippen LogP contribution in [0.1, 0.15) is 20.8 Å². The molecule has 6 nitrogen and oxygen atoms in total. The first-order chi connectivity index (χ1) is 7.93. The van der Waals surface area contributed by atoms with Crippen LogP contribution in [0.15, 0.2) is 36.5 Å². The molecular weight excluding hydrogens is 357 g/mol. The van der Waals surface area contributed by atoms with E-state index in [1.54, 1.807) is 0 Å². The van der Waals surface area contributed by atoms with Crippen LogP contribution >= 0.6 is 0 Å². The summed E-state index contributed by atoms with van der Waals surface area (Å²) in [6, 6.07) is 0. The molecule has 0 amide bonds. The Morgan fingerprint density at radius 1 is 0.571 bits per heavy atom. The summed E-state index contributed by atoms with van der Waals surface area (Å²) in [5.41, 5.74) is 0.194. The number of aliphatic carboxylic acids is 3. The van der Waals surface area contributed by atoms with Gasteiger partial charge in [-0.2, -0.15) is 0 Å². The van der Waals surface area contributed by atoms with Gasteiger partial charge in [0.05, 0.1) is 17.9 Å². The first-order valence-corrected chi connectivity index (χ1v) is 4.54. The molecule has 0 aliphatic carbocycles. The minimum Gasteiger partial charge on any atom is -0.545 e. The van der Waals surface area contributed by atoms with Gasteiger partial charge in [-0.05, 0) is 37.5 Å². The number of hydrogen-bond acceptors (Lipinski definition) is 6. The summed E-state index contributed by atoms with van der Waals surface area (Å²) in [4.78, 5) is 28.5. The Kier molecular flexibility index (Phi) is 45.9. The standard InChI is InChI=1S/3C4H6O2.3K/c3*1-3(2)4(5)6;;;/h3*1H2,2H3,(H,5,6);;;/q;;;3*+1/p-3. The average molecular weight is 373 g/mol. The maximum Gasteiger partial charge on any atom is 1.00 e. The molecule has 0 aliphatic rings. The van der Waals surface area contributed by atoms with Crippen LogP contribution in [0, 0.1) is 0 Å². The average Bonchev–Trinajstić information content (AvgIpc) is 2.18. The summed E-state index contributed by atoms with van der Waals surface area (Å²) in [5, 5.41) is 28.5. The molecule has 0 aliphatic heterocycles. The largest absolute Gasteiger partial charge is 1.00 e. The molecule has 0 radical (unpaired) electrons. The molecule has 0 saturated carbocycles. The quantitative estimate of drug-likeness (QED) is 0.358. The van der Waals surface area contributed by atoms with Crippen LogP contribution in [0.5, 0.6) is 0 Å². The fraction of sp³-hybridized carbons (Fsp3) is 0.250. The molecule has 0 bridgehead atoms. The van der Waals surface area contributed by atoms with Crippen LogP contribution in [0.3, 0.4) is 0 Å². The van der Waals surface area contributed by atoms with Gasteiger partial charge in [0.25, 0.3) is 0 Å². The second-order valence-corrected chi connectivity index (χ2v) is 3.20. The van der Waals surface area contributed by atoms with Crippen LogP contribution in [-0.2, 0) is 14.4 Å². The van der Waals surface area contributed by atoms with Crippen molar-refractivity contribution < 1.29 is 184 Å². The molecule has 0 saturated heterocycles. The second-order valence-electron chi connectivity index (χ2n) is 3.20. The zero-order valence-electron chi connectivity index (χ0n) is 13.6. The molecule has 0 N–H and O–H groups in total. The van der Waals surface area contributed by atoms with Crippen molar-refractivity contribution in [3.63, 3.8) is 0 Å². The Bertz CT molecular complexity index is 284. The van der Waals surface area contributed by atoms with Gasteiger partial charge in [-0.25, -0.2) is 0 Å². The Balaban J connectivity index is -0.0000000375. The normalized spacial score (nSPS) is 6.43. The predicted molar refractivity (Wildman–Crippen MR) is 59.5 cm³/mol. The minimum atomic E-state index is -1.19. The Hall–Kier alpha value is 2.54. The summed E-state index contributed by atoms with van der Waals surface area (Å²) < 4.78 is 0. The summed E-state index contributed by atoms with van der Waals surface area (Å²) in [6.07, 6.45) is 0. The van der Waals surface area contributed by atoms with Gasteiger partial charge in [0, 0.05) is 0 Å². The molecule has 0 spiro atoms. The first-order valence-electron chi connectivity index (χ1n) is 4.54. The third-order valence-electron chi connectivity index (χ3n) is 1.05. The van der Waals surface area contributed by atoms with Crippen LogP contribution in [0.2, 0.25) is 0 Å². The van der Waals surface area contributed by atoms with Gasteiger partial charge in [0.2, 0.25) is 0 Å². The van der Waals surface area contributed by atoms with E-state index in [4.69, 9.17) is 0 Å². The SMILES string of the molecule is C=C(C)C(=O)[O-].C=C(C)C(=O)[O-].C=C(C)C(=O)[O-].[K+].[K+].[K+]. The molecule has 0 heterocycles. The molecule has 0 rings (SSSR count). The van der Waals surface area contributed by atoms with E-state index in [-0.39, 0.29) is 171 Å². The van der Waals surface area contributed by atoms with Gasteiger partial charge in [-0.1, -0.05) is 19.7 Å². The first kappa shape index (κ1) is 38.9. The molecular formula is C12H15K3O6. The van der Waals surface area contributed by atoms with Crippen molar-refractivity contribution in [1.82, 2.24) is 0 Å². The van der Waals surface area contributed by atoms with Gasteiger partial charge in [0.1, 0.15) is 0 Å². The van der Waals surface area contributed by atoms with Crippen molar-refractivity contribution in [1.29, 1.82) is 0 Å². The molecule has 0 aromatic heterocycles. The predicted octanol–water partition coefficient (Wildman–Crippen LogP) is -11.1. The van der Waals surface area contributed by atoms with Crippen LogP contribution < -0.4 is 169 Å². The monoisotopic (exact) mass is 372 g/mol. The number of carboxylic acid groups (broad SMARTS) is 3. The van der Waals surface area contributed by atoms with Crippen molar-refractivity contribution in [2.24, 2.45) is 0 Å². The van der Waals surface area contributed by atoms with E-state index in [0.717, 1.165) is 0 Å². The number of carbonyl (C=O) groups excluding carboxylic acids is 3. The minimum absolute atomic E-state index is 0.